The maximum absolute atomic E-state index is 12.0. The first-order valence-corrected chi connectivity index (χ1v) is 8.62. The van der Waals surface area contributed by atoms with E-state index in [-0.39, 0.29) is 12.5 Å². The zero-order valence-corrected chi connectivity index (χ0v) is 14.9. The Labute approximate surface area is 153 Å². The molecule has 6 nitrogen and oxygen atoms in total. The van der Waals surface area contributed by atoms with Gasteiger partial charge in [0.15, 0.2) is 0 Å². The molecule has 4 N–H and O–H groups in total. The van der Waals surface area contributed by atoms with E-state index in [0.29, 0.717) is 25.1 Å². The van der Waals surface area contributed by atoms with E-state index in [2.05, 4.69) is 10.6 Å². The fraction of sp³-hybridized carbons (Fsp3) is 0.300. The van der Waals surface area contributed by atoms with Crippen LogP contribution in [-0.2, 0) is 16.1 Å². The van der Waals surface area contributed by atoms with Crippen LogP contribution in [0.15, 0.2) is 54.6 Å². The number of ether oxygens (including phenoxy) is 1. The van der Waals surface area contributed by atoms with Crippen molar-refractivity contribution < 1.29 is 14.3 Å². The van der Waals surface area contributed by atoms with Gasteiger partial charge in [-0.05, 0) is 37.5 Å². The van der Waals surface area contributed by atoms with Crippen LogP contribution in [0, 0.1) is 6.92 Å². The highest BCUT2D eigenvalue weighted by Crippen LogP contribution is 2.07. The molecular weight excluding hydrogens is 330 g/mol. The Morgan fingerprint density at radius 2 is 1.77 bits per heavy atom. The summed E-state index contributed by atoms with van der Waals surface area (Å²) in [4.78, 5) is 23.6. The molecule has 2 rings (SSSR count). The van der Waals surface area contributed by atoms with Crippen molar-refractivity contribution in [2.45, 2.75) is 32.4 Å². The zero-order chi connectivity index (χ0) is 18.8. The van der Waals surface area contributed by atoms with Gasteiger partial charge < -0.3 is 21.1 Å². The lowest BCUT2D eigenvalue weighted by atomic mass is 10.1. The van der Waals surface area contributed by atoms with Gasteiger partial charge >= 0.3 is 6.09 Å². The van der Waals surface area contributed by atoms with Gasteiger partial charge in [-0.3, -0.25) is 4.79 Å². The Morgan fingerprint density at radius 1 is 1.08 bits per heavy atom. The third-order valence-corrected chi connectivity index (χ3v) is 3.83. The summed E-state index contributed by atoms with van der Waals surface area (Å²) in [6, 6.07) is 16.3. The predicted molar refractivity (Wildman–Crippen MR) is 102 cm³/mol. The van der Waals surface area contributed by atoms with E-state index in [0.717, 1.165) is 11.1 Å². The highest BCUT2D eigenvalue weighted by Gasteiger charge is 2.13. The number of aryl methyl sites for hydroxylation is 1. The molecule has 0 aliphatic heterocycles. The summed E-state index contributed by atoms with van der Waals surface area (Å²) in [5.41, 5.74) is 8.68. The molecule has 0 aliphatic carbocycles. The van der Waals surface area contributed by atoms with E-state index in [1.165, 1.54) is 0 Å². The van der Waals surface area contributed by atoms with Gasteiger partial charge in [-0.2, -0.15) is 0 Å². The summed E-state index contributed by atoms with van der Waals surface area (Å²) in [6.07, 6.45) is 0.577. The van der Waals surface area contributed by atoms with Crippen molar-refractivity contribution in [2.75, 3.05) is 11.9 Å². The molecule has 2 aromatic rings. The normalized spacial score (nSPS) is 11.5. The number of anilines is 1. The first-order chi connectivity index (χ1) is 12.5. The number of nitrogens with one attached hydrogen (secondary N) is 2. The van der Waals surface area contributed by atoms with Crippen molar-refractivity contribution >= 4 is 17.7 Å². The van der Waals surface area contributed by atoms with Crippen LogP contribution in [0.1, 0.15) is 24.0 Å². The smallest absolute Gasteiger partial charge is 0.407 e. The molecule has 0 spiro atoms. The van der Waals surface area contributed by atoms with Crippen LogP contribution in [0.3, 0.4) is 0 Å². The van der Waals surface area contributed by atoms with Crippen LogP contribution in [0.5, 0.6) is 0 Å². The summed E-state index contributed by atoms with van der Waals surface area (Å²) in [7, 11) is 0. The van der Waals surface area contributed by atoms with Gasteiger partial charge in [0.1, 0.15) is 6.61 Å². The monoisotopic (exact) mass is 355 g/mol. The fourth-order valence-corrected chi connectivity index (χ4v) is 2.28. The van der Waals surface area contributed by atoms with Crippen molar-refractivity contribution in [3.63, 3.8) is 0 Å². The Bertz CT molecular complexity index is 702. The maximum Gasteiger partial charge on any atom is 0.407 e. The Hall–Kier alpha value is -2.86. The standard InChI is InChI=1S/C20H25N3O3/c1-15-9-11-16(12-10-15)14-26-20(25)22-13-5-8-18(21)19(24)23-17-6-3-2-4-7-17/h2-4,6-7,9-12,18H,5,8,13-14,21H2,1H3,(H,22,25)(H,23,24)/t18-/m0/s1. The predicted octanol–water partition coefficient (Wildman–Crippen LogP) is 2.97. The number of hydrogen-bond donors (Lipinski definition) is 3. The van der Waals surface area contributed by atoms with Gasteiger partial charge in [0, 0.05) is 12.2 Å². The summed E-state index contributed by atoms with van der Waals surface area (Å²) >= 11 is 0. The van der Waals surface area contributed by atoms with Crippen LogP contribution in [0.4, 0.5) is 10.5 Å². The van der Waals surface area contributed by atoms with Crippen molar-refractivity contribution in [1.82, 2.24) is 5.32 Å². The third kappa shape index (κ3) is 6.94. The molecule has 0 unspecified atom stereocenters. The third-order valence-electron chi connectivity index (χ3n) is 3.83. The van der Waals surface area contributed by atoms with Gasteiger partial charge in [-0.15, -0.1) is 0 Å². The summed E-state index contributed by atoms with van der Waals surface area (Å²) in [6.45, 7) is 2.63. The lowest BCUT2D eigenvalue weighted by Gasteiger charge is -2.12. The van der Waals surface area contributed by atoms with Gasteiger partial charge in [0.25, 0.3) is 0 Å². The number of benzene rings is 2. The molecule has 0 bridgehead atoms. The number of para-hydroxylation sites is 1. The minimum absolute atomic E-state index is 0.227. The lowest BCUT2D eigenvalue weighted by molar-refractivity contribution is -0.117. The van der Waals surface area contributed by atoms with Gasteiger partial charge in [0.05, 0.1) is 6.04 Å². The minimum atomic E-state index is -0.624. The average molecular weight is 355 g/mol. The Balaban J connectivity index is 1.59. The Kier molecular flexibility index (Phi) is 7.64. The highest BCUT2D eigenvalue weighted by molar-refractivity contribution is 5.94. The first-order valence-electron chi connectivity index (χ1n) is 8.62. The van der Waals surface area contributed by atoms with Gasteiger partial charge in [0.2, 0.25) is 5.91 Å². The maximum atomic E-state index is 12.0. The number of alkyl carbamates (subject to hydrolysis) is 1. The largest absolute Gasteiger partial charge is 0.445 e. The van der Waals surface area contributed by atoms with Crippen LogP contribution in [0.2, 0.25) is 0 Å². The van der Waals surface area contributed by atoms with E-state index in [1.807, 2.05) is 49.4 Å². The van der Waals surface area contributed by atoms with Crippen LogP contribution in [0.25, 0.3) is 0 Å². The fourth-order valence-electron chi connectivity index (χ4n) is 2.28. The molecule has 138 valence electrons. The number of rotatable bonds is 8. The average Bonchev–Trinajstić information content (AvgIpc) is 2.65. The zero-order valence-electron chi connectivity index (χ0n) is 14.9. The number of carbonyl (C=O) groups excluding carboxylic acids is 2. The molecule has 26 heavy (non-hydrogen) atoms. The summed E-state index contributed by atoms with van der Waals surface area (Å²) < 4.78 is 5.14. The molecule has 0 saturated carbocycles. The Morgan fingerprint density at radius 3 is 2.46 bits per heavy atom. The van der Waals surface area contributed by atoms with E-state index in [4.69, 9.17) is 10.5 Å². The van der Waals surface area contributed by atoms with Crippen LogP contribution < -0.4 is 16.4 Å². The second-order valence-electron chi connectivity index (χ2n) is 6.09. The molecule has 0 radical (unpaired) electrons. The van der Waals surface area contributed by atoms with Crippen molar-refractivity contribution in [1.29, 1.82) is 0 Å². The molecule has 0 fully saturated rings. The SMILES string of the molecule is Cc1ccc(COC(=O)NCCC[C@H](N)C(=O)Nc2ccccc2)cc1. The van der Waals surface area contributed by atoms with E-state index >= 15 is 0 Å². The highest BCUT2D eigenvalue weighted by atomic mass is 16.5. The van der Waals surface area contributed by atoms with E-state index in [9.17, 15) is 9.59 Å². The van der Waals surface area contributed by atoms with Crippen LogP contribution >= 0.6 is 0 Å². The number of hydrogen-bond acceptors (Lipinski definition) is 4. The van der Waals surface area contributed by atoms with E-state index < -0.39 is 12.1 Å². The molecule has 6 heteroatoms. The lowest BCUT2D eigenvalue weighted by Crippen LogP contribution is -2.36. The topological polar surface area (TPSA) is 93.4 Å². The van der Waals surface area contributed by atoms with E-state index in [1.54, 1.807) is 12.1 Å². The number of nitrogens with two attached hydrogens (primary N) is 1. The van der Waals surface area contributed by atoms with Crippen molar-refractivity contribution in [3.05, 3.63) is 65.7 Å². The minimum Gasteiger partial charge on any atom is -0.445 e. The molecule has 0 aliphatic rings. The van der Waals surface area contributed by atoms with Gasteiger partial charge in [-0.1, -0.05) is 48.0 Å². The first kappa shape index (κ1) is 19.5. The molecule has 1 atom stereocenters. The number of carbonyl (C=O) groups is 2. The summed E-state index contributed by atoms with van der Waals surface area (Å²) in [5, 5.41) is 5.42. The second-order valence-corrected chi connectivity index (χ2v) is 6.09. The molecular formula is C20H25N3O3. The molecule has 0 saturated heterocycles. The second kappa shape index (κ2) is 10.2. The van der Waals surface area contributed by atoms with Crippen molar-refractivity contribution in [2.24, 2.45) is 5.73 Å². The summed E-state index contributed by atoms with van der Waals surface area (Å²) in [5.74, 6) is -0.238. The van der Waals surface area contributed by atoms with Gasteiger partial charge in [-0.25, -0.2) is 4.79 Å². The molecule has 0 heterocycles. The molecule has 2 aromatic carbocycles. The molecule has 0 aromatic heterocycles. The quantitative estimate of drug-likeness (QED) is 0.635. The molecule has 2 amide bonds. The van der Waals surface area contributed by atoms with Crippen molar-refractivity contribution in [3.8, 4) is 0 Å². The van der Waals surface area contributed by atoms with Crippen LogP contribution in [-0.4, -0.2) is 24.6 Å². The number of amides is 2.